The van der Waals surface area contributed by atoms with Gasteiger partial charge in [-0.2, -0.15) is 17.9 Å². The zero-order chi connectivity index (χ0) is 10.4. The number of benzene rings is 1. The fraction of sp³-hybridized carbons (Fsp3) is 0.364. The van der Waals surface area contributed by atoms with E-state index in [2.05, 4.69) is 37.8 Å². The maximum atomic E-state index is 8.57. The van der Waals surface area contributed by atoms with Gasteiger partial charge < -0.3 is 0 Å². The SMILES string of the molecule is CCSc1cccc(C(S)CC#N)c1. The minimum Gasteiger partial charge on any atom is -0.198 e. The van der Waals surface area contributed by atoms with Crippen LogP contribution in [0, 0.1) is 11.3 Å². The van der Waals surface area contributed by atoms with Crippen molar-refractivity contribution in [1.29, 1.82) is 5.26 Å². The highest BCUT2D eigenvalue weighted by Crippen LogP contribution is 2.27. The first-order valence-corrected chi connectivity index (χ1v) is 6.06. The Morgan fingerprint density at radius 1 is 1.57 bits per heavy atom. The summed E-state index contributed by atoms with van der Waals surface area (Å²) >= 11 is 6.19. The summed E-state index contributed by atoms with van der Waals surface area (Å²) in [5.41, 5.74) is 1.13. The largest absolute Gasteiger partial charge is 0.198 e. The first-order valence-electron chi connectivity index (χ1n) is 4.55. The fourth-order valence-electron chi connectivity index (χ4n) is 1.18. The van der Waals surface area contributed by atoms with Crippen molar-refractivity contribution >= 4 is 24.4 Å². The van der Waals surface area contributed by atoms with Gasteiger partial charge in [-0.15, -0.1) is 11.8 Å². The van der Waals surface area contributed by atoms with Gasteiger partial charge in [-0.25, -0.2) is 0 Å². The van der Waals surface area contributed by atoms with Gasteiger partial charge in [0.15, 0.2) is 0 Å². The standard InChI is InChI=1S/C11H13NS2/c1-2-14-10-5-3-4-9(8-10)11(13)6-7-12/h3-5,8,11,13H,2,6H2,1H3. The van der Waals surface area contributed by atoms with Crippen LogP contribution in [0.1, 0.15) is 24.2 Å². The van der Waals surface area contributed by atoms with E-state index in [0.29, 0.717) is 6.42 Å². The van der Waals surface area contributed by atoms with E-state index in [1.54, 1.807) is 0 Å². The minimum atomic E-state index is 0.0393. The molecular weight excluding hydrogens is 210 g/mol. The number of nitrogens with zero attached hydrogens (tertiary/aromatic N) is 1. The van der Waals surface area contributed by atoms with Crippen molar-refractivity contribution in [2.75, 3.05) is 5.75 Å². The summed E-state index contributed by atoms with van der Waals surface area (Å²) in [5, 5.41) is 8.61. The van der Waals surface area contributed by atoms with Crippen molar-refractivity contribution in [3.8, 4) is 6.07 Å². The molecule has 0 heterocycles. The minimum absolute atomic E-state index is 0.0393. The van der Waals surface area contributed by atoms with E-state index in [1.165, 1.54) is 4.90 Å². The summed E-state index contributed by atoms with van der Waals surface area (Å²) < 4.78 is 0. The van der Waals surface area contributed by atoms with Crippen molar-refractivity contribution in [3.63, 3.8) is 0 Å². The van der Waals surface area contributed by atoms with E-state index >= 15 is 0 Å². The fourth-order valence-corrected chi connectivity index (χ4v) is 2.15. The average Bonchev–Trinajstić information content (AvgIpc) is 2.19. The highest BCUT2D eigenvalue weighted by molar-refractivity contribution is 7.99. The summed E-state index contributed by atoms with van der Waals surface area (Å²) in [6, 6.07) is 10.4. The molecule has 1 aromatic rings. The second-order valence-corrected chi connectivity index (χ2v) is 4.84. The number of hydrogen-bond acceptors (Lipinski definition) is 3. The molecule has 1 atom stereocenters. The third kappa shape index (κ3) is 3.28. The van der Waals surface area contributed by atoms with Crippen LogP contribution in [0.25, 0.3) is 0 Å². The monoisotopic (exact) mass is 223 g/mol. The predicted octanol–water partition coefficient (Wildman–Crippen LogP) is 3.68. The number of thiol groups is 1. The lowest BCUT2D eigenvalue weighted by Crippen LogP contribution is -1.89. The van der Waals surface area contributed by atoms with Crippen LogP contribution in [0.3, 0.4) is 0 Å². The van der Waals surface area contributed by atoms with Crippen LogP contribution >= 0.6 is 24.4 Å². The lowest BCUT2D eigenvalue weighted by atomic mass is 10.1. The lowest BCUT2D eigenvalue weighted by Gasteiger charge is -2.08. The molecule has 0 spiro atoms. The topological polar surface area (TPSA) is 23.8 Å². The molecule has 0 aliphatic rings. The molecule has 0 aliphatic carbocycles. The van der Waals surface area contributed by atoms with Crippen LogP contribution in [0.5, 0.6) is 0 Å². The average molecular weight is 223 g/mol. The van der Waals surface area contributed by atoms with Crippen molar-refractivity contribution in [1.82, 2.24) is 0 Å². The maximum absolute atomic E-state index is 8.57. The molecule has 14 heavy (non-hydrogen) atoms. The smallest absolute Gasteiger partial charge is 0.0636 e. The molecule has 3 heteroatoms. The molecule has 0 saturated heterocycles. The molecule has 74 valence electrons. The second-order valence-electron chi connectivity index (χ2n) is 2.88. The molecule has 1 rings (SSSR count). The Morgan fingerprint density at radius 3 is 3.00 bits per heavy atom. The van der Waals surface area contributed by atoms with E-state index in [1.807, 2.05) is 23.9 Å². The van der Waals surface area contributed by atoms with Gasteiger partial charge >= 0.3 is 0 Å². The molecule has 0 aromatic heterocycles. The third-order valence-electron chi connectivity index (χ3n) is 1.84. The van der Waals surface area contributed by atoms with E-state index < -0.39 is 0 Å². The van der Waals surface area contributed by atoms with Crippen LogP contribution in [0.2, 0.25) is 0 Å². The molecule has 0 N–H and O–H groups in total. The van der Waals surface area contributed by atoms with Crippen molar-refractivity contribution in [2.45, 2.75) is 23.5 Å². The zero-order valence-electron chi connectivity index (χ0n) is 8.10. The Labute approximate surface area is 94.9 Å². The van der Waals surface area contributed by atoms with Gasteiger partial charge in [0.2, 0.25) is 0 Å². The quantitative estimate of drug-likeness (QED) is 0.622. The summed E-state index contributed by atoms with van der Waals surface area (Å²) in [4.78, 5) is 1.25. The number of nitriles is 1. The van der Waals surface area contributed by atoms with Crippen LogP contribution < -0.4 is 0 Å². The molecule has 1 nitrogen and oxygen atoms in total. The summed E-state index contributed by atoms with van der Waals surface area (Å²) in [6.45, 7) is 2.13. The summed E-state index contributed by atoms with van der Waals surface area (Å²) in [6.07, 6.45) is 0.462. The highest BCUT2D eigenvalue weighted by Gasteiger charge is 2.05. The van der Waals surface area contributed by atoms with Gasteiger partial charge in [-0.3, -0.25) is 0 Å². The normalized spacial score (nSPS) is 12.1. The first-order chi connectivity index (χ1) is 6.77. The van der Waals surface area contributed by atoms with Crippen LogP contribution in [-0.4, -0.2) is 5.75 Å². The Balaban J connectivity index is 2.78. The van der Waals surface area contributed by atoms with E-state index in [0.717, 1.165) is 11.3 Å². The van der Waals surface area contributed by atoms with Crippen LogP contribution in [-0.2, 0) is 0 Å². The van der Waals surface area contributed by atoms with Gasteiger partial charge in [0.1, 0.15) is 0 Å². The molecule has 0 fully saturated rings. The lowest BCUT2D eigenvalue weighted by molar-refractivity contribution is 0.982. The Bertz CT molecular complexity index is 330. The van der Waals surface area contributed by atoms with Crippen LogP contribution in [0.4, 0.5) is 0 Å². The first kappa shape index (κ1) is 11.5. The molecule has 1 aromatic carbocycles. The van der Waals surface area contributed by atoms with Crippen molar-refractivity contribution in [2.24, 2.45) is 0 Å². The Morgan fingerprint density at radius 2 is 2.36 bits per heavy atom. The summed E-state index contributed by atoms with van der Waals surface area (Å²) in [7, 11) is 0. The highest BCUT2D eigenvalue weighted by atomic mass is 32.2. The Kier molecular flexibility index (Phi) is 4.92. The second kappa shape index (κ2) is 6.00. The molecular formula is C11H13NS2. The van der Waals surface area contributed by atoms with Crippen molar-refractivity contribution < 1.29 is 0 Å². The van der Waals surface area contributed by atoms with Crippen molar-refractivity contribution in [3.05, 3.63) is 29.8 Å². The molecule has 0 aliphatic heterocycles. The molecule has 0 saturated carbocycles. The number of hydrogen-bond donors (Lipinski definition) is 1. The van der Waals surface area contributed by atoms with Crippen LogP contribution in [0.15, 0.2) is 29.2 Å². The predicted molar refractivity (Wildman–Crippen MR) is 64.8 cm³/mol. The van der Waals surface area contributed by atoms with E-state index in [9.17, 15) is 0 Å². The van der Waals surface area contributed by atoms with Gasteiger partial charge in [0.25, 0.3) is 0 Å². The number of thioether (sulfide) groups is 1. The Hall–Kier alpha value is -0.590. The molecule has 1 unspecified atom stereocenters. The maximum Gasteiger partial charge on any atom is 0.0636 e. The van der Waals surface area contributed by atoms with Gasteiger partial charge in [0, 0.05) is 10.1 Å². The molecule has 0 bridgehead atoms. The van der Waals surface area contributed by atoms with E-state index in [4.69, 9.17) is 5.26 Å². The van der Waals surface area contributed by atoms with Gasteiger partial charge in [0.05, 0.1) is 12.5 Å². The van der Waals surface area contributed by atoms with E-state index in [-0.39, 0.29) is 5.25 Å². The molecule has 0 amide bonds. The summed E-state index contributed by atoms with van der Waals surface area (Å²) in [5.74, 6) is 1.07. The molecule has 0 radical (unpaired) electrons. The van der Waals surface area contributed by atoms with Gasteiger partial charge in [-0.1, -0.05) is 19.1 Å². The third-order valence-corrected chi connectivity index (χ3v) is 3.20. The zero-order valence-corrected chi connectivity index (χ0v) is 9.81. The van der Waals surface area contributed by atoms with Gasteiger partial charge in [-0.05, 0) is 23.4 Å². The number of rotatable bonds is 4.